The summed E-state index contributed by atoms with van der Waals surface area (Å²) in [5.41, 5.74) is 1.43. The Balaban J connectivity index is 1.71. The lowest BCUT2D eigenvalue weighted by molar-refractivity contribution is 0.182. The van der Waals surface area contributed by atoms with Crippen molar-refractivity contribution in [2.24, 2.45) is 0 Å². The third kappa shape index (κ3) is 3.39. The van der Waals surface area contributed by atoms with E-state index in [2.05, 4.69) is 57.3 Å². The van der Waals surface area contributed by atoms with E-state index in [1.165, 1.54) is 48.8 Å². The lowest BCUT2D eigenvalue weighted by Gasteiger charge is -2.32. The second-order valence-electron chi connectivity index (χ2n) is 5.95. The number of halogens is 1. The Morgan fingerprint density at radius 3 is 2.84 bits per heavy atom. The van der Waals surface area contributed by atoms with Gasteiger partial charge in [-0.05, 0) is 56.8 Å². The minimum Gasteiger partial charge on any atom is -0.313 e. The smallest absolute Gasteiger partial charge is 0.0323 e. The van der Waals surface area contributed by atoms with Crippen LogP contribution < -0.4 is 5.32 Å². The zero-order valence-corrected chi connectivity index (χ0v) is 13.2. The number of nitrogens with one attached hydrogen (secondary N) is 1. The van der Waals surface area contributed by atoms with Crippen molar-refractivity contribution in [1.82, 2.24) is 10.2 Å². The SMILES string of the molecule is CC(c1cccc(Br)c1)N(CC1CCCN1)C1CC1. The maximum atomic E-state index is 3.64. The fourth-order valence-corrected chi connectivity index (χ4v) is 3.57. The van der Waals surface area contributed by atoms with Gasteiger partial charge in [-0.3, -0.25) is 4.90 Å². The van der Waals surface area contributed by atoms with Gasteiger partial charge in [-0.1, -0.05) is 28.1 Å². The molecule has 1 aliphatic heterocycles. The number of rotatable bonds is 5. The molecule has 2 atom stereocenters. The van der Waals surface area contributed by atoms with E-state index in [9.17, 15) is 0 Å². The van der Waals surface area contributed by atoms with E-state index >= 15 is 0 Å². The maximum Gasteiger partial charge on any atom is 0.0323 e. The van der Waals surface area contributed by atoms with E-state index in [1.807, 2.05) is 0 Å². The highest BCUT2D eigenvalue weighted by Gasteiger charge is 2.34. The van der Waals surface area contributed by atoms with Crippen molar-refractivity contribution in [1.29, 1.82) is 0 Å². The van der Waals surface area contributed by atoms with E-state index in [4.69, 9.17) is 0 Å². The lowest BCUT2D eigenvalue weighted by atomic mass is 10.1. The van der Waals surface area contributed by atoms with Crippen LogP contribution >= 0.6 is 15.9 Å². The normalized spacial score (nSPS) is 24.9. The number of hydrogen-bond acceptors (Lipinski definition) is 2. The number of hydrogen-bond donors (Lipinski definition) is 1. The molecule has 0 radical (unpaired) electrons. The zero-order chi connectivity index (χ0) is 13.2. The lowest BCUT2D eigenvalue weighted by Crippen LogP contribution is -2.40. The van der Waals surface area contributed by atoms with Crippen LogP contribution in [0.15, 0.2) is 28.7 Å². The van der Waals surface area contributed by atoms with Gasteiger partial charge in [0.25, 0.3) is 0 Å². The first kappa shape index (κ1) is 13.6. The van der Waals surface area contributed by atoms with Gasteiger partial charge in [-0.25, -0.2) is 0 Å². The predicted molar refractivity (Wildman–Crippen MR) is 83.3 cm³/mol. The van der Waals surface area contributed by atoms with Crippen LogP contribution in [0, 0.1) is 0 Å². The molecule has 1 N–H and O–H groups in total. The Morgan fingerprint density at radius 1 is 1.37 bits per heavy atom. The Labute approximate surface area is 124 Å². The largest absolute Gasteiger partial charge is 0.313 e. The third-order valence-corrected chi connectivity index (χ3v) is 4.93. The van der Waals surface area contributed by atoms with E-state index < -0.39 is 0 Å². The Kier molecular flexibility index (Phi) is 4.25. The van der Waals surface area contributed by atoms with Gasteiger partial charge in [0.1, 0.15) is 0 Å². The highest BCUT2D eigenvalue weighted by atomic mass is 79.9. The first-order valence-electron chi connectivity index (χ1n) is 7.48. The van der Waals surface area contributed by atoms with Crippen LogP contribution in [0.3, 0.4) is 0 Å². The standard InChI is InChI=1S/C16H23BrN2/c1-12(13-4-2-5-14(17)10-13)19(16-7-8-16)11-15-6-3-9-18-15/h2,4-5,10,12,15-16,18H,3,6-9,11H2,1H3. The molecule has 0 aromatic heterocycles. The van der Waals surface area contributed by atoms with Crippen molar-refractivity contribution in [2.75, 3.05) is 13.1 Å². The molecule has 104 valence electrons. The third-order valence-electron chi connectivity index (χ3n) is 4.44. The summed E-state index contributed by atoms with van der Waals surface area (Å²) in [6, 6.07) is 10.8. The molecular weight excluding hydrogens is 300 g/mol. The summed E-state index contributed by atoms with van der Waals surface area (Å²) in [7, 11) is 0. The Hall–Kier alpha value is -0.380. The molecular formula is C16H23BrN2. The average molecular weight is 323 g/mol. The van der Waals surface area contributed by atoms with Crippen LogP contribution in [0.5, 0.6) is 0 Å². The number of benzene rings is 1. The van der Waals surface area contributed by atoms with Crippen molar-refractivity contribution in [3.63, 3.8) is 0 Å². The fraction of sp³-hybridized carbons (Fsp3) is 0.625. The van der Waals surface area contributed by atoms with Gasteiger partial charge in [0.2, 0.25) is 0 Å². The first-order chi connectivity index (χ1) is 9.24. The summed E-state index contributed by atoms with van der Waals surface area (Å²) in [6.07, 6.45) is 5.44. The molecule has 0 bridgehead atoms. The van der Waals surface area contributed by atoms with E-state index in [1.54, 1.807) is 0 Å². The molecule has 1 aromatic rings. The quantitative estimate of drug-likeness (QED) is 0.888. The molecule has 2 nitrogen and oxygen atoms in total. The Bertz CT molecular complexity index is 425. The van der Waals surface area contributed by atoms with Gasteiger partial charge in [0, 0.05) is 29.1 Å². The molecule has 2 fully saturated rings. The summed E-state index contributed by atoms with van der Waals surface area (Å²) in [5.74, 6) is 0. The molecule has 0 amide bonds. The summed E-state index contributed by atoms with van der Waals surface area (Å²) < 4.78 is 1.19. The summed E-state index contributed by atoms with van der Waals surface area (Å²) in [5, 5.41) is 3.64. The van der Waals surface area contributed by atoms with Gasteiger partial charge in [-0.2, -0.15) is 0 Å². The van der Waals surface area contributed by atoms with Gasteiger partial charge in [0.15, 0.2) is 0 Å². The van der Waals surface area contributed by atoms with Crippen LogP contribution in [0.2, 0.25) is 0 Å². The Morgan fingerprint density at radius 2 is 2.21 bits per heavy atom. The average Bonchev–Trinajstić information content (AvgIpc) is 3.12. The van der Waals surface area contributed by atoms with Crippen LogP contribution in [-0.2, 0) is 0 Å². The second-order valence-corrected chi connectivity index (χ2v) is 6.87. The molecule has 2 unspecified atom stereocenters. The monoisotopic (exact) mass is 322 g/mol. The van der Waals surface area contributed by atoms with Crippen molar-refractivity contribution < 1.29 is 0 Å². The molecule has 19 heavy (non-hydrogen) atoms. The van der Waals surface area contributed by atoms with Crippen molar-refractivity contribution in [2.45, 2.75) is 50.7 Å². The van der Waals surface area contributed by atoms with Crippen LogP contribution in [-0.4, -0.2) is 30.1 Å². The zero-order valence-electron chi connectivity index (χ0n) is 11.6. The van der Waals surface area contributed by atoms with Crippen LogP contribution in [0.4, 0.5) is 0 Å². The second kappa shape index (κ2) is 5.94. The van der Waals surface area contributed by atoms with Gasteiger partial charge >= 0.3 is 0 Å². The van der Waals surface area contributed by atoms with Gasteiger partial charge in [-0.15, -0.1) is 0 Å². The van der Waals surface area contributed by atoms with E-state index in [0.29, 0.717) is 12.1 Å². The first-order valence-corrected chi connectivity index (χ1v) is 8.28. The topological polar surface area (TPSA) is 15.3 Å². The minimum atomic E-state index is 0.521. The fourth-order valence-electron chi connectivity index (χ4n) is 3.15. The molecule has 1 saturated heterocycles. The summed E-state index contributed by atoms with van der Waals surface area (Å²) >= 11 is 3.59. The molecule has 1 saturated carbocycles. The van der Waals surface area contributed by atoms with Gasteiger partial charge < -0.3 is 5.32 Å². The molecule has 1 aliphatic carbocycles. The van der Waals surface area contributed by atoms with E-state index in [0.717, 1.165) is 6.04 Å². The van der Waals surface area contributed by atoms with E-state index in [-0.39, 0.29) is 0 Å². The maximum absolute atomic E-state index is 3.64. The molecule has 1 heterocycles. The molecule has 3 heteroatoms. The summed E-state index contributed by atoms with van der Waals surface area (Å²) in [4.78, 5) is 2.71. The predicted octanol–water partition coefficient (Wildman–Crippen LogP) is 3.73. The minimum absolute atomic E-state index is 0.521. The van der Waals surface area contributed by atoms with Crippen molar-refractivity contribution in [3.05, 3.63) is 34.3 Å². The van der Waals surface area contributed by atoms with Crippen LogP contribution in [0.1, 0.15) is 44.2 Å². The van der Waals surface area contributed by atoms with Crippen molar-refractivity contribution in [3.8, 4) is 0 Å². The number of nitrogens with zero attached hydrogens (tertiary/aromatic N) is 1. The summed E-state index contributed by atoms with van der Waals surface area (Å²) in [6.45, 7) is 4.77. The molecule has 2 aliphatic rings. The highest BCUT2D eigenvalue weighted by molar-refractivity contribution is 9.10. The van der Waals surface area contributed by atoms with Gasteiger partial charge in [0.05, 0.1) is 0 Å². The molecule has 0 spiro atoms. The van der Waals surface area contributed by atoms with Crippen molar-refractivity contribution >= 4 is 15.9 Å². The molecule has 1 aromatic carbocycles. The highest BCUT2D eigenvalue weighted by Crippen LogP contribution is 2.35. The van der Waals surface area contributed by atoms with Crippen LogP contribution in [0.25, 0.3) is 0 Å². The molecule has 3 rings (SSSR count).